The lowest BCUT2D eigenvalue weighted by atomic mass is 10.1. The monoisotopic (exact) mass is 424 g/mol. The third-order valence-electron chi connectivity index (χ3n) is 5.51. The smallest absolute Gasteiger partial charge is 0.307 e. The van der Waals surface area contributed by atoms with Crippen molar-refractivity contribution in [3.63, 3.8) is 0 Å². The van der Waals surface area contributed by atoms with Crippen LogP contribution in [0.2, 0.25) is 0 Å². The molecule has 0 spiro atoms. The number of rotatable bonds is 10. The van der Waals surface area contributed by atoms with E-state index in [4.69, 9.17) is 4.74 Å². The Hall–Kier alpha value is -3.35. The first-order chi connectivity index (χ1) is 14.9. The zero-order valence-corrected chi connectivity index (χ0v) is 18.2. The Morgan fingerprint density at radius 2 is 1.84 bits per heavy atom. The van der Waals surface area contributed by atoms with Crippen molar-refractivity contribution in [3.05, 3.63) is 59.0 Å². The summed E-state index contributed by atoms with van der Waals surface area (Å²) in [5.74, 6) is -0.933. The number of ketones is 1. The lowest BCUT2D eigenvalue weighted by molar-refractivity contribution is -0.143. The van der Waals surface area contributed by atoms with Gasteiger partial charge in [-0.25, -0.2) is 0 Å². The van der Waals surface area contributed by atoms with Gasteiger partial charge >= 0.3 is 11.9 Å². The van der Waals surface area contributed by atoms with Crippen molar-refractivity contribution >= 4 is 28.6 Å². The summed E-state index contributed by atoms with van der Waals surface area (Å²) in [4.78, 5) is 39.3. The van der Waals surface area contributed by atoms with Gasteiger partial charge in [-0.2, -0.15) is 0 Å². The lowest BCUT2D eigenvalue weighted by Gasteiger charge is -2.09. The van der Waals surface area contributed by atoms with E-state index < -0.39 is 0 Å². The molecule has 0 fully saturated rings. The van der Waals surface area contributed by atoms with Gasteiger partial charge in [0.1, 0.15) is 0 Å². The number of para-hydroxylation sites is 1. The van der Waals surface area contributed by atoms with Gasteiger partial charge in [-0.05, 0) is 44.4 Å². The molecule has 0 aliphatic carbocycles. The Kier molecular flexibility index (Phi) is 7.28. The Balaban J connectivity index is 1.48. The SMILES string of the molecule is COC(=O)CCn1c(C)cc(C(=O)COC(=O)CCCc2c[nH]c3ccccc23)c1C. The number of carbonyl (C=O) groups excluding carboxylic acids is 3. The molecule has 7 heteroatoms. The summed E-state index contributed by atoms with van der Waals surface area (Å²) in [7, 11) is 1.35. The van der Waals surface area contributed by atoms with Crippen LogP contribution in [0.5, 0.6) is 0 Å². The maximum absolute atomic E-state index is 12.6. The number of aromatic amines is 1. The van der Waals surface area contributed by atoms with Gasteiger partial charge in [0, 0.05) is 47.0 Å². The van der Waals surface area contributed by atoms with Gasteiger partial charge in [0.05, 0.1) is 13.5 Å². The van der Waals surface area contributed by atoms with Gasteiger partial charge < -0.3 is 19.0 Å². The molecule has 0 amide bonds. The van der Waals surface area contributed by atoms with E-state index in [1.165, 1.54) is 12.7 Å². The number of methoxy groups -OCH3 is 1. The number of nitrogens with one attached hydrogen (secondary N) is 1. The predicted octanol–water partition coefficient (Wildman–Crippen LogP) is 3.90. The second-order valence-electron chi connectivity index (χ2n) is 7.56. The summed E-state index contributed by atoms with van der Waals surface area (Å²) in [6, 6.07) is 9.81. The lowest BCUT2D eigenvalue weighted by Crippen LogP contribution is -2.15. The van der Waals surface area contributed by atoms with Gasteiger partial charge in [0.15, 0.2) is 6.61 Å². The van der Waals surface area contributed by atoms with Crippen molar-refractivity contribution in [2.75, 3.05) is 13.7 Å². The normalized spacial score (nSPS) is 10.9. The van der Waals surface area contributed by atoms with Crippen LogP contribution in [0.15, 0.2) is 36.5 Å². The number of esters is 2. The van der Waals surface area contributed by atoms with Crippen LogP contribution in [0.4, 0.5) is 0 Å². The van der Waals surface area contributed by atoms with Crippen molar-refractivity contribution in [2.24, 2.45) is 0 Å². The molecule has 1 N–H and O–H groups in total. The first-order valence-electron chi connectivity index (χ1n) is 10.4. The Bertz CT molecular complexity index is 1090. The number of nitrogens with zero attached hydrogens (tertiary/aromatic N) is 1. The number of hydrogen-bond acceptors (Lipinski definition) is 5. The molecular formula is C24H28N2O5. The minimum atomic E-state index is -0.382. The van der Waals surface area contributed by atoms with Crippen LogP contribution in [0, 0.1) is 13.8 Å². The highest BCUT2D eigenvalue weighted by atomic mass is 16.5. The summed E-state index contributed by atoms with van der Waals surface area (Å²) in [6.07, 6.45) is 3.86. The molecule has 3 rings (SSSR count). The summed E-state index contributed by atoms with van der Waals surface area (Å²) < 4.78 is 11.8. The van der Waals surface area contributed by atoms with Gasteiger partial charge in [-0.3, -0.25) is 14.4 Å². The van der Waals surface area contributed by atoms with Crippen LogP contribution in [0.25, 0.3) is 10.9 Å². The predicted molar refractivity (Wildman–Crippen MR) is 117 cm³/mol. The number of carbonyl (C=O) groups is 3. The first-order valence-corrected chi connectivity index (χ1v) is 10.4. The maximum atomic E-state index is 12.6. The maximum Gasteiger partial charge on any atom is 0.307 e. The molecule has 3 aromatic rings. The van der Waals surface area contributed by atoms with E-state index in [2.05, 4.69) is 15.8 Å². The van der Waals surface area contributed by atoms with Crippen LogP contribution in [0.3, 0.4) is 0 Å². The first kappa shape index (κ1) is 22.3. The molecule has 0 radical (unpaired) electrons. The molecule has 31 heavy (non-hydrogen) atoms. The molecule has 1 aromatic carbocycles. The highest BCUT2D eigenvalue weighted by Crippen LogP contribution is 2.20. The number of Topliss-reactive ketones (excluding diaryl/α,β-unsaturated/α-hetero) is 1. The molecule has 0 aliphatic rings. The molecule has 0 saturated carbocycles. The van der Waals surface area contributed by atoms with E-state index in [0.717, 1.165) is 28.7 Å². The zero-order chi connectivity index (χ0) is 22.4. The topological polar surface area (TPSA) is 90.4 Å². The van der Waals surface area contributed by atoms with Crippen molar-refractivity contribution in [1.29, 1.82) is 0 Å². The molecule has 2 aromatic heterocycles. The van der Waals surface area contributed by atoms with Gasteiger partial charge in [-0.15, -0.1) is 0 Å². The molecule has 0 unspecified atom stereocenters. The molecule has 0 atom stereocenters. The van der Waals surface area contributed by atoms with E-state index in [1.54, 1.807) is 6.07 Å². The second kappa shape index (κ2) is 10.1. The average molecular weight is 424 g/mol. The molecule has 7 nitrogen and oxygen atoms in total. The molecular weight excluding hydrogens is 396 g/mol. The standard InChI is InChI=1S/C24H28N2O5/c1-16-13-20(17(2)26(16)12-11-23(28)30-3)22(27)15-31-24(29)10-6-7-18-14-25-21-9-5-4-8-19(18)21/h4-5,8-9,13-14,25H,6-7,10-12,15H2,1-3H3. The minimum Gasteiger partial charge on any atom is -0.469 e. The number of H-pyrrole nitrogens is 1. The van der Waals surface area contributed by atoms with E-state index in [-0.39, 0.29) is 37.2 Å². The molecule has 0 bridgehead atoms. The van der Waals surface area contributed by atoms with E-state index in [9.17, 15) is 14.4 Å². The van der Waals surface area contributed by atoms with Crippen molar-refractivity contribution in [3.8, 4) is 0 Å². The highest BCUT2D eigenvalue weighted by Gasteiger charge is 2.18. The Morgan fingerprint density at radius 1 is 1.06 bits per heavy atom. The largest absolute Gasteiger partial charge is 0.469 e. The minimum absolute atomic E-state index is 0.228. The average Bonchev–Trinajstić information content (AvgIpc) is 3.31. The fraction of sp³-hybridized carbons (Fsp3) is 0.375. The third kappa shape index (κ3) is 5.42. The molecule has 2 heterocycles. The van der Waals surface area contributed by atoms with Crippen molar-refractivity contribution in [2.45, 2.75) is 46.1 Å². The number of ether oxygens (including phenoxy) is 2. The summed E-state index contributed by atoms with van der Waals surface area (Å²) in [6.45, 7) is 3.84. The van der Waals surface area contributed by atoms with E-state index >= 15 is 0 Å². The Morgan fingerprint density at radius 3 is 2.61 bits per heavy atom. The van der Waals surface area contributed by atoms with E-state index in [1.807, 2.05) is 42.8 Å². The van der Waals surface area contributed by atoms with E-state index in [0.29, 0.717) is 18.5 Å². The molecule has 164 valence electrons. The second-order valence-corrected chi connectivity index (χ2v) is 7.56. The number of aromatic nitrogens is 2. The van der Waals surface area contributed by atoms with Crippen LogP contribution in [-0.2, 0) is 32.0 Å². The van der Waals surface area contributed by atoms with Crippen molar-refractivity contribution in [1.82, 2.24) is 9.55 Å². The molecule has 0 aliphatic heterocycles. The summed E-state index contributed by atoms with van der Waals surface area (Å²) >= 11 is 0. The number of fused-ring (bicyclic) bond motifs is 1. The summed E-state index contributed by atoms with van der Waals surface area (Å²) in [5, 5.41) is 1.16. The van der Waals surface area contributed by atoms with Crippen LogP contribution >= 0.6 is 0 Å². The number of hydrogen-bond donors (Lipinski definition) is 1. The van der Waals surface area contributed by atoms with Crippen LogP contribution in [-0.4, -0.2) is 41.0 Å². The molecule has 0 saturated heterocycles. The quantitative estimate of drug-likeness (QED) is 0.394. The fourth-order valence-electron chi connectivity index (χ4n) is 3.79. The summed E-state index contributed by atoms with van der Waals surface area (Å²) in [5.41, 5.74) is 4.37. The van der Waals surface area contributed by atoms with Gasteiger partial charge in [0.2, 0.25) is 5.78 Å². The third-order valence-corrected chi connectivity index (χ3v) is 5.51. The highest BCUT2D eigenvalue weighted by molar-refractivity contribution is 5.99. The number of benzene rings is 1. The van der Waals surface area contributed by atoms with Crippen LogP contribution < -0.4 is 0 Å². The Labute approximate surface area is 181 Å². The van der Waals surface area contributed by atoms with Crippen LogP contribution in [0.1, 0.15) is 46.6 Å². The number of aryl methyl sites for hydroxylation is 2. The zero-order valence-electron chi connectivity index (χ0n) is 18.2. The van der Waals surface area contributed by atoms with Gasteiger partial charge in [0.25, 0.3) is 0 Å². The van der Waals surface area contributed by atoms with Gasteiger partial charge in [-0.1, -0.05) is 18.2 Å². The van der Waals surface area contributed by atoms with Crippen molar-refractivity contribution < 1.29 is 23.9 Å². The fourth-order valence-corrected chi connectivity index (χ4v) is 3.79.